The lowest BCUT2D eigenvalue weighted by atomic mass is 9.79. The number of rotatable bonds is 5. The number of carbonyl (C=O) groups excluding carboxylic acids is 1. The predicted molar refractivity (Wildman–Crippen MR) is 123 cm³/mol. The van der Waals surface area contributed by atoms with E-state index in [0.29, 0.717) is 5.75 Å². The SMILES string of the molecule is C=CC(=O)Oc1cc(C)c(C(c2cc(C)c(O)cc2C)c2ccc(C)cc2O)cc1C. The highest BCUT2D eigenvalue weighted by Gasteiger charge is 2.25. The van der Waals surface area contributed by atoms with E-state index in [0.717, 1.165) is 50.6 Å². The molecule has 3 aromatic rings. The maximum Gasteiger partial charge on any atom is 0.335 e. The smallest absolute Gasteiger partial charge is 0.335 e. The number of aryl methyl sites for hydroxylation is 5. The number of carbonyl (C=O) groups is 1. The van der Waals surface area contributed by atoms with E-state index >= 15 is 0 Å². The maximum atomic E-state index is 11.7. The van der Waals surface area contributed by atoms with E-state index in [1.807, 2.05) is 65.0 Å². The monoisotopic (exact) mass is 416 g/mol. The lowest BCUT2D eigenvalue weighted by Gasteiger charge is -2.25. The Morgan fingerprint density at radius 3 is 2.03 bits per heavy atom. The average molecular weight is 417 g/mol. The van der Waals surface area contributed by atoms with Crippen LogP contribution in [0.1, 0.15) is 50.4 Å². The number of phenolic OH excluding ortho intramolecular Hbond substituents is 2. The van der Waals surface area contributed by atoms with E-state index in [1.54, 1.807) is 12.1 Å². The van der Waals surface area contributed by atoms with Crippen LogP contribution in [0.4, 0.5) is 0 Å². The average Bonchev–Trinajstić information content (AvgIpc) is 2.70. The standard InChI is InChI=1S/C27H28O4/c1-7-26(30)31-25-14-17(4)22(12-19(25)6)27(20-9-8-15(2)10-24(20)29)21-11-18(5)23(28)13-16(21)3/h7-14,27-29H,1H2,2-6H3. The lowest BCUT2D eigenvalue weighted by Crippen LogP contribution is -2.10. The molecule has 3 aromatic carbocycles. The molecule has 31 heavy (non-hydrogen) atoms. The summed E-state index contributed by atoms with van der Waals surface area (Å²) in [7, 11) is 0. The van der Waals surface area contributed by atoms with Crippen LogP contribution >= 0.6 is 0 Å². The highest BCUT2D eigenvalue weighted by molar-refractivity contribution is 5.83. The van der Waals surface area contributed by atoms with Gasteiger partial charge in [0.25, 0.3) is 0 Å². The molecule has 1 atom stereocenters. The lowest BCUT2D eigenvalue weighted by molar-refractivity contribution is -0.129. The van der Waals surface area contributed by atoms with Crippen LogP contribution in [0.3, 0.4) is 0 Å². The van der Waals surface area contributed by atoms with Crippen molar-refractivity contribution in [2.24, 2.45) is 0 Å². The molecule has 3 rings (SSSR count). The molecule has 0 radical (unpaired) electrons. The molecule has 0 spiro atoms. The van der Waals surface area contributed by atoms with Crippen molar-refractivity contribution in [1.29, 1.82) is 0 Å². The molecule has 0 aliphatic rings. The van der Waals surface area contributed by atoms with E-state index in [4.69, 9.17) is 4.74 Å². The third kappa shape index (κ3) is 4.48. The quantitative estimate of drug-likeness (QED) is 0.235. The summed E-state index contributed by atoms with van der Waals surface area (Å²) in [5.74, 6) is 0.175. The summed E-state index contributed by atoms with van der Waals surface area (Å²) in [5, 5.41) is 21.0. The zero-order valence-corrected chi connectivity index (χ0v) is 18.6. The molecule has 4 heteroatoms. The van der Waals surface area contributed by atoms with Gasteiger partial charge in [0.1, 0.15) is 17.2 Å². The van der Waals surface area contributed by atoms with Crippen molar-refractivity contribution in [3.63, 3.8) is 0 Å². The molecule has 2 N–H and O–H groups in total. The van der Waals surface area contributed by atoms with Gasteiger partial charge in [-0.1, -0.05) is 30.8 Å². The van der Waals surface area contributed by atoms with Gasteiger partial charge in [0, 0.05) is 17.6 Å². The number of ether oxygens (including phenoxy) is 1. The summed E-state index contributed by atoms with van der Waals surface area (Å²) in [5.41, 5.74) is 7.15. The normalized spacial score (nSPS) is 11.8. The van der Waals surface area contributed by atoms with Gasteiger partial charge >= 0.3 is 5.97 Å². The molecule has 0 heterocycles. The molecular weight excluding hydrogens is 388 g/mol. The molecule has 0 fully saturated rings. The molecule has 1 unspecified atom stereocenters. The Labute approximate surface area is 183 Å². The van der Waals surface area contributed by atoms with Gasteiger partial charge in [-0.15, -0.1) is 0 Å². The van der Waals surface area contributed by atoms with Gasteiger partial charge in [-0.2, -0.15) is 0 Å². The van der Waals surface area contributed by atoms with E-state index in [1.165, 1.54) is 0 Å². The number of benzene rings is 3. The van der Waals surface area contributed by atoms with Crippen molar-refractivity contribution in [2.45, 2.75) is 40.5 Å². The summed E-state index contributed by atoms with van der Waals surface area (Å²) in [6.45, 7) is 13.0. The first kappa shape index (κ1) is 22.2. The van der Waals surface area contributed by atoms with Gasteiger partial charge in [-0.25, -0.2) is 4.79 Å². The Hall–Kier alpha value is -3.53. The number of phenols is 2. The minimum Gasteiger partial charge on any atom is -0.508 e. The van der Waals surface area contributed by atoms with Gasteiger partial charge in [0.15, 0.2) is 0 Å². The van der Waals surface area contributed by atoms with E-state index in [2.05, 4.69) is 6.58 Å². The minimum absolute atomic E-state index is 0.217. The fraction of sp³-hybridized carbons (Fsp3) is 0.222. The van der Waals surface area contributed by atoms with Crippen LogP contribution in [0.15, 0.2) is 55.1 Å². The van der Waals surface area contributed by atoms with Crippen LogP contribution in [0.25, 0.3) is 0 Å². The van der Waals surface area contributed by atoms with E-state index in [-0.39, 0.29) is 17.4 Å². The zero-order valence-electron chi connectivity index (χ0n) is 18.6. The Morgan fingerprint density at radius 1 is 0.806 bits per heavy atom. The third-order valence-electron chi connectivity index (χ3n) is 5.64. The van der Waals surface area contributed by atoms with Gasteiger partial charge in [0.2, 0.25) is 0 Å². The molecule has 0 bridgehead atoms. The second kappa shape index (κ2) is 8.68. The van der Waals surface area contributed by atoms with Crippen molar-refractivity contribution in [3.05, 3.63) is 99.6 Å². The van der Waals surface area contributed by atoms with Gasteiger partial charge < -0.3 is 14.9 Å². The van der Waals surface area contributed by atoms with E-state index in [9.17, 15) is 15.0 Å². The topological polar surface area (TPSA) is 66.8 Å². The number of esters is 1. The van der Waals surface area contributed by atoms with Crippen LogP contribution < -0.4 is 4.74 Å². The van der Waals surface area contributed by atoms with Crippen molar-refractivity contribution < 1.29 is 19.7 Å². The second-order valence-corrected chi connectivity index (χ2v) is 8.09. The summed E-state index contributed by atoms with van der Waals surface area (Å²) < 4.78 is 5.38. The predicted octanol–water partition coefficient (Wildman–Crippen LogP) is 5.91. The summed E-state index contributed by atoms with van der Waals surface area (Å²) >= 11 is 0. The van der Waals surface area contributed by atoms with Crippen LogP contribution in [0.2, 0.25) is 0 Å². The highest BCUT2D eigenvalue weighted by Crippen LogP contribution is 2.42. The summed E-state index contributed by atoms with van der Waals surface area (Å²) in [6.07, 6.45) is 1.14. The number of hydrogen-bond donors (Lipinski definition) is 2. The molecule has 160 valence electrons. The van der Waals surface area contributed by atoms with Crippen molar-refractivity contribution in [1.82, 2.24) is 0 Å². The molecule has 4 nitrogen and oxygen atoms in total. The van der Waals surface area contributed by atoms with Gasteiger partial charge in [0.05, 0.1) is 0 Å². The molecular formula is C27H28O4. The van der Waals surface area contributed by atoms with Crippen molar-refractivity contribution in [2.75, 3.05) is 0 Å². The Balaban J connectivity index is 2.27. The Morgan fingerprint density at radius 2 is 1.42 bits per heavy atom. The van der Waals surface area contributed by atoms with Gasteiger partial charge in [-0.05, 0) is 91.8 Å². The molecule has 0 saturated heterocycles. The molecule has 0 saturated carbocycles. The van der Waals surface area contributed by atoms with Crippen molar-refractivity contribution in [3.8, 4) is 17.2 Å². The summed E-state index contributed by atoms with van der Waals surface area (Å²) in [4.78, 5) is 11.7. The first-order valence-corrected chi connectivity index (χ1v) is 10.2. The largest absolute Gasteiger partial charge is 0.508 e. The minimum atomic E-state index is -0.506. The first-order valence-electron chi connectivity index (χ1n) is 10.2. The third-order valence-corrected chi connectivity index (χ3v) is 5.64. The first-order chi connectivity index (χ1) is 14.6. The van der Waals surface area contributed by atoms with E-state index < -0.39 is 5.97 Å². The van der Waals surface area contributed by atoms with Crippen LogP contribution in [-0.4, -0.2) is 16.2 Å². The summed E-state index contributed by atoms with van der Waals surface area (Å²) in [6, 6.07) is 13.2. The number of aromatic hydroxyl groups is 2. The maximum absolute atomic E-state index is 11.7. The fourth-order valence-electron chi connectivity index (χ4n) is 3.92. The molecule has 0 aliphatic heterocycles. The molecule has 0 aliphatic carbocycles. The fourth-order valence-corrected chi connectivity index (χ4v) is 3.92. The molecule has 0 aromatic heterocycles. The second-order valence-electron chi connectivity index (χ2n) is 8.09. The van der Waals surface area contributed by atoms with Crippen LogP contribution in [0, 0.1) is 34.6 Å². The zero-order chi connectivity index (χ0) is 22.9. The number of hydrogen-bond acceptors (Lipinski definition) is 4. The molecule has 0 amide bonds. The highest BCUT2D eigenvalue weighted by atomic mass is 16.5. The van der Waals surface area contributed by atoms with Crippen LogP contribution in [-0.2, 0) is 4.79 Å². The van der Waals surface area contributed by atoms with Gasteiger partial charge in [-0.3, -0.25) is 0 Å². The van der Waals surface area contributed by atoms with Crippen molar-refractivity contribution >= 4 is 5.97 Å². The Bertz CT molecular complexity index is 1170. The van der Waals surface area contributed by atoms with Crippen LogP contribution in [0.5, 0.6) is 17.2 Å². The Kier molecular flexibility index (Phi) is 6.21.